The minimum Gasteiger partial charge on any atom is -0.387 e. The maximum Gasteiger partial charge on any atom is 0.255 e. The van der Waals surface area contributed by atoms with Crippen LogP contribution in [0.15, 0.2) is 12.3 Å². The van der Waals surface area contributed by atoms with Crippen LogP contribution in [0.5, 0.6) is 0 Å². The van der Waals surface area contributed by atoms with Crippen molar-refractivity contribution in [2.75, 3.05) is 12.4 Å². The van der Waals surface area contributed by atoms with Gasteiger partial charge in [-0.15, -0.1) is 0 Å². The lowest BCUT2D eigenvalue weighted by molar-refractivity contribution is 0.0932. The van der Waals surface area contributed by atoms with E-state index in [0.717, 1.165) is 43.5 Å². The van der Waals surface area contributed by atoms with Crippen LogP contribution in [0.3, 0.4) is 0 Å². The molecule has 1 amide bonds. The van der Waals surface area contributed by atoms with Crippen molar-refractivity contribution in [1.29, 1.82) is 0 Å². The lowest BCUT2D eigenvalue weighted by Gasteiger charge is -2.19. The maximum absolute atomic E-state index is 12.4. The molecule has 4 nitrogen and oxygen atoms in total. The Morgan fingerprint density at radius 3 is 2.65 bits per heavy atom. The largest absolute Gasteiger partial charge is 0.387 e. The van der Waals surface area contributed by atoms with Crippen LogP contribution in [0.4, 0.5) is 5.69 Å². The van der Waals surface area contributed by atoms with Gasteiger partial charge in [0.2, 0.25) is 0 Å². The summed E-state index contributed by atoms with van der Waals surface area (Å²) in [6, 6.07) is 2.16. The molecule has 0 saturated carbocycles. The van der Waals surface area contributed by atoms with Crippen molar-refractivity contribution in [3.8, 4) is 0 Å². The third-order valence-corrected chi connectivity index (χ3v) is 3.43. The van der Waals surface area contributed by atoms with Crippen molar-refractivity contribution >= 4 is 11.6 Å². The summed E-state index contributed by atoms with van der Waals surface area (Å²) in [6.45, 7) is 6.25. The summed E-state index contributed by atoms with van der Waals surface area (Å²) >= 11 is 0. The summed E-state index contributed by atoms with van der Waals surface area (Å²) in [5.41, 5.74) is 2.36. The van der Waals surface area contributed by atoms with Crippen LogP contribution in [-0.4, -0.2) is 24.0 Å². The Bertz CT molecular complexity index is 432. The second kappa shape index (κ2) is 8.56. The van der Waals surface area contributed by atoms with E-state index in [1.165, 1.54) is 0 Å². The highest BCUT2D eigenvalue weighted by Gasteiger charge is 2.16. The molecule has 0 saturated heterocycles. The Balaban J connectivity index is 2.77. The molecule has 0 bridgehead atoms. The third kappa shape index (κ3) is 4.83. The molecule has 1 aromatic heterocycles. The molecular weight excluding hydrogens is 250 g/mol. The number of hydrogen-bond donors (Lipinski definition) is 2. The molecule has 1 heterocycles. The highest BCUT2D eigenvalue weighted by Crippen LogP contribution is 2.16. The zero-order valence-corrected chi connectivity index (χ0v) is 13.1. The third-order valence-electron chi connectivity index (χ3n) is 3.43. The molecule has 4 heteroatoms. The van der Waals surface area contributed by atoms with E-state index in [4.69, 9.17) is 0 Å². The Morgan fingerprint density at radius 2 is 2.05 bits per heavy atom. The molecule has 0 aliphatic heterocycles. The second-order valence-electron chi connectivity index (χ2n) is 5.22. The molecule has 1 aromatic rings. The molecule has 0 spiro atoms. The van der Waals surface area contributed by atoms with E-state index in [-0.39, 0.29) is 11.9 Å². The summed E-state index contributed by atoms with van der Waals surface area (Å²) in [5.74, 6) is -0.0311. The molecule has 1 rings (SSSR count). The van der Waals surface area contributed by atoms with Gasteiger partial charge >= 0.3 is 0 Å². The number of hydrogen-bond acceptors (Lipinski definition) is 3. The van der Waals surface area contributed by atoms with Gasteiger partial charge in [0.05, 0.1) is 11.3 Å². The van der Waals surface area contributed by atoms with Gasteiger partial charge in [-0.3, -0.25) is 9.78 Å². The first kappa shape index (κ1) is 16.5. The van der Waals surface area contributed by atoms with E-state index in [2.05, 4.69) is 29.5 Å². The van der Waals surface area contributed by atoms with Crippen LogP contribution in [0.1, 0.15) is 62.0 Å². The second-order valence-corrected chi connectivity index (χ2v) is 5.22. The molecule has 0 fully saturated rings. The number of unbranched alkanes of at least 4 members (excludes halogenated alkanes) is 1. The minimum atomic E-state index is -0.0311. The first-order chi connectivity index (χ1) is 9.62. The number of anilines is 1. The van der Waals surface area contributed by atoms with Crippen LogP contribution >= 0.6 is 0 Å². The molecule has 0 aliphatic carbocycles. The van der Waals surface area contributed by atoms with E-state index in [1.807, 2.05) is 20.0 Å². The SMILES string of the molecule is CCCCC(CCC)NC(=O)c1cnc(C)cc1NC. The Kier molecular flexibility index (Phi) is 7.05. The topological polar surface area (TPSA) is 54.0 Å². The summed E-state index contributed by atoms with van der Waals surface area (Å²) in [5, 5.41) is 6.21. The van der Waals surface area contributed by atoms with Crippen LogP contribution in [-0.2, 0) is 0 Å². The molecule has 1 unspecified atom stereocenters. The van der Waals surface area contributed by atoms with Gasteiger partial charge in [-0.25, -0.2) is 0 Å². The fraction of sp³-hybridized carbons (Fsp3) is 0.625. The zero-order chi connectivity index (χ0) is 15.0. The number of aryl methyl sites for hydroxylation is 1. The Morgan fingerprint density at radius 1 is 1.30 bits per heavy atom. The fourth-order valence-electron chi connectivity index (χ4n) is 2.30. The van der Waals surface area contributed by atoms with E-state index >= 15 is 0 Å². The van der Waals surface area contributed by atoms with Gasteiger partial charge < -0.3 is 10.6 Å². The molecule has 0 radical (unpaired) electrons. The smallest absolute Gasteiger partial charge is 0.255 e. The Hall–Kier alpha value is -1.58. The number of carbonyl (C=O) groups is 1. The van der Waals surface area contributed by atoms with Crippen molar-refractivity contribution < 1.29 is 4.79 Å². The lowest BCUT2D eigenvalue weighted by Crippen LogP contribution is -2.35. The average Bonchev–Trinajstić information content (AvgIpc) is 2.44. The molecule has 0 aliphatic rings. The molecule has 1 atom stereocenters. The predicted octanol–water partition coefficient (Wildman–Crippen LogP) is 3.52. The fourth-order valence-corrected chi connectivity index (χ4v) is 2.30. The van der Waals surface area contributed by atoms with Gasteiger partial charge in [0.15, 0.2) is 0 Å². The molecular formula is C16H27N3O. The number of nitrogens with one attached hydrogen (secondary N) is 2. The van der Waals surface area contributed by atoms with Crippen molar-refractivity contribution in [1.82, 2.24) is 10.3 Å². The summed E-state index contributed by atoms with van der Waals surface area (Å²) in [6.07, 6.45) is 7.11. The van der Waals surface area contributed by atoms with Crippen LogP contribution in [0, 0.1) is 6.92 Å². The van der Waals surface area contributed by atoms with Crippen molar-refractivity contribution in [3.05, 3.63) is 23.5 Å². The van der Waals surface area contributed by atoms with E-state index in [9.17, 15) is 4.79 Å². The normalized spacial score (nSPS) is 12.0. The van der Waals surface area contributed by atoms with Crippen molar-refractivity contribution in [2.45, 2.75) is 58.9 Å². The van der Waals surface area contributed by atoms with E-state index in [1.54, 1.807) is 6.20 Å². The van der Waals surface area contributed by atoms with Gasteiger partial charge in [0.1, 0.15) is 0 Å². The van der Waals surface area contributed by atoms with Crippen molar-refractivity contribution in [3.63, 3.8) is 0 Å². The number of nitrogens with zero attached hydrogens (tertiary/aromatic N) is 1. The first-order valence-corrected chi connectivity index (χ1v) is 7.57. The first-order valence-electron chi connectivity index (χ1n) is 7.57. The quantitative estimate of drug-likeness (QED) is 0.764. The van der Waals surface area contributed by atoms with Gasteiger partial charge in [-0.1, -0.05) is 33.1 Å². The highest BCUT2D eigenvalue weighted by atomic mass is 16.1. The molecule has 0 aromatic carbocycles. The maximum atomic E-state index is 12.4. The number of rotatable bonds is 8. The van der Waals surface area contributed by atoms with Gasteiger partial charge in [0, 0.05) is 25.0 Å². The molecule has 112 valence electrons. The summed E-state index contributed by atoms with van der Waals surface area (Å²) in [4.78, 5) is 16.6. The monoisotopic (exact) mass is 277 g/mol. The van der Waals surface area contributed by atoms with Gasteiger partial charge in [-0.2, -0.15) is 0 Å². The van der Waals surface area contributed by atoms with Crippen LogP contribution in [0.2, 0.25) is 0 Å². The van der Waals surface area contributed by atoms with Crippen LogP contribution in [0.25, 0.3) is 0 Å². The summed E-state index contributed by atoms with van der Waals surface area (Å²) < 4.78 is 0. The number of pyridine rings is 1. The van der Waals surface area contributed by atoms with Gasteiger partial charge in [0.25, 0.3) is 5.91 Å². The predicted molar refractivity (Wildman–Crippen MR) is 84.2 cm³/mol. The Labute approximate surface area is 122 Å². The lowest BCUT2D eigenvalue weighted by atomic mass is 10.0. The minimum absolute atomic E-state index is 0.0311. The van der Waals surface area contributed by atoms with Gasteiger partial charge in [-0.05, 0) is 25.8 Å². The number of carbonyl (C=O) groups excluding carboxylic acids is 1. The number of amides is 1. The molecule has 2 N–H and O–H groups in total. The van der Waals surface area contributed by atoms with E-state index in [0.29, 0.717) is 5.56 Å². The number of aromatic nitrogens is 1. The zero-order valence-electron chi connectivity index (χ0n) is 13.1. The molecule has 20 heavy (non-hydrogen) atoms. The standard InChI is InChI=1S/C16H27N3O/c1-5-7-9-13(8-6-2)19-16(20)14-11-18-12(3)10-15(14)17-4/h10-11,13H,5-9H2,1-4H3,(H,17,18)(H,19,20). The van der Waals surface area contributed by atoms with E-state index < -0.39 is 0 Å². The average molecular weight is 277 g/mol. The van der Waals surface area contributed by atoms with Crippen molar-refractivity contribution in [2.24, 2.45) is 0 Å². The highest BCUT2D eigenvalue weighted by molar-refractivity contribution is 5.99. The summed E-state index contributed by atoms with van der Waals surface area (Å²) in [7, 11) is 1.83. The van der Waals surface area contributed by atoms with Crippen LogP contribution < -0.4 is 10.6 Å².